The van der Waals surface area contributed by atoms with Crippen LogP contribution in [0.25, 0.3) is 0 Å². The Morgan fingerprint density at radius 2 is 2.29 bits per heavy atom. The van der Waals surface area contributed by atoms with Crippen LogP contribution in [0.1, 0.15) is 23.6 Å². The van der Waals surface area contributed by atoms with E-state index in [1.54, 1.807) is 0 Å². The highest BCUT2D eigenvalue weighted by molar-refractivity contribution is 5.41. The van der Waals surface area contributed by atoms with Gasteiger partial charge in [0.15, 0.2) is 0 Å². The number of hydrogen-bond donors (Lipinski definition) is 1. The molecule has 0 spiro atoms. The Bertz CT molecular complexity index is 386. The Morgan fingerprint density at radius 3 is 2.86 bits per heavy atom. The number of rotatable bonds is 3. The Morgan fingerprint density at radius 1 is 1.57 bits per heavy atom. The second kappa shape index (κ2) is 4.48. The molecule has 0 fully saturated rings. The molecule has 1 aromatic rings. The molecule has 1 aromatic carbocycles. The van der Waals surface area contributed by atoms with E-state index < -0.39 is 0 Å². The van der Waals surface area contributed by atoms with Crippen molar-refractivity contribution in [3.05, 3.63) is 47.2 Å². The molecule has 1 rings (SSSR count). The van der Waals surface area contributed by atoms with E-state index in [4.69, 9.17) is 5.26 Å². The Kier molecular flexibility index (Phi) is 3.30. The Labute approximate surface area is 84.9 Å². The third kappa shape index (κ3) is 2.37. The summed E-state index contributed by atoms with van der Waals surface area (Å²) in [6.07, 6.45) is 0. The summed E-state index contributed by atoms with van der Waals surface area (Å²) in [6.45, 7) is 8.39. The van der Waals surface area contributed by atoms with Gasteiger partial charge in [-0.15, -0.1) is 0 Å². The summed E-state index contributed by atoms with van der Waals surface area (Å²) in [5.41, 5.74) is 3.87. The predicted molar refractivity (Wildman–Crippen MR) is 57.5 cm³/mol. The molecular weight excluding hydrogens is 172 g/mol. The molecule has 0 bridgehead atoms. The average Bonchev–Trinajstić information content (AvgIpc) is 2.16. The molecule has 0 aromatic heterocycles. The highest BCUT2D eigenvalue weighted by atomic mass is 14.9. The minimum absolute atomic E-state index is 0.733. The van der Waals surface area contributed by atoms with Gasteiger partial charge in [-0.2, -0.15) is 5.26 Å². The third-order valence-corrected chi connectivity index (χ3v) is 2.15. The van der Waals surface area contributed by atoms with E-state index in [1.165, 1.54) is 0 Å². The van der Waals surface area contributed by atoms with Gasteiger partial charge in [-0.3, -0.25) is 0 Å². The quantitative estimate of drug-likeness (QED) is 0.787. The molecule has 0 saturated heterocycles. The molecule has 0 aliphatic heterocycles. The molecule has 0 aliphatic rings. The van der Waals surface area contributed by atoms with Crippen molar-refractivity contribution in [1.82, 2.24) is 5.32 Å². The lowest BCUT2D eigenvalue weighted by atomic mass is 10.0. The van der Waals surface area contributed by atoms with Crippen molar-refractivity contribution < 1.29 is 0 Å². The molecule has 0 amide bonds. The number of allylic oxidation sites excluding steroid dienone is 1. The lowest BCUT2D eigenvalue weighted by Gasteiger charge is -2.09. The fourth-order valence-electron chi connectivity index (χ4n) is 1.24. The highest BCUT2D eigenvalue weighted by Gasteiger charge is 2.02. The maximum absolute atomic E-state index is 8.83. The summed E-state index contributed by atoms with van der Waals surface area (Å²) in [5.74, 6) is 0. The zero-order valence-corrected chi connectivity index (χ0v) is 8.59. The number of benzene rings is 1. The van der Waals surface area contributed by atoms with E-state index >= 15 is 0 Å². The lowest BCUT2D eigenvalue weighted by Crippen LogP contribution is -2.10. The van der Waals surface area contributed by atoms with Gasteiger partial charge in [-0.1, -0.05) is 18.7 Å². The van der Waals surface area contributed by atoms with Gasteiger partial charge in [-0.25, -0.2) is 0 Å². The molecule has 0 heterocycles. The fourth-order valence-corrected chi connectivity index (χ4v) is 1.24. The minimum atomic E-state index is 0.733. The number of nitrogens with zero attached hydrogens (tertiary/aromatic N) is 1. The first kappa shape index (κ1) is 10.3. The maximum Gasteiger partial charge on any atom is 0.0994 e. The first-order valence-corrected chi connectivity index (χ1v) is 4.53. The highest BCUT2D eigenvalue weighted by Crippen LogP contribution is 2.12. The number of nitriles is 1. The van der Waals surface area contributed by atoms with E-state index in [2.05, 4.69) is 18.0 Å². The first-order chi connectivity index (χ1) is 6.65. The van der Waals surface area contributed by atoms with E-state index in [0.717, 1.165) is 28.9 Å². The zero-order chi connectivity index (χ0) is 10.6. The van der Waals surface area contributed by atoms with Gasteiger partial charge in [0, 0.05) is 12.2 Å². The zero-order valence-electron chi connectivity index (χ0n) is 8.59. The van der Waals surface area contributed by atoms with E-state index in [-0.39, 0.29) is 0 Å². The van der Waals surface area contributed by atoms with Gasteiger partial charge in [0.2, 0.25) is 0 Å². The average molecular weight is 186 g/mol. The first-order valence-electron chi connectivity index (χ1n) is 4.53. The number of nitrogens with one attached hydrogen (secondary N) is 1. The monoisotopic (exact) mass is 186 g/mol. The Hall–Kier alpha value is -1.75. The van der Waals surface area contributed by atoms with E-state index in [0.29, 0.717) is 0 Å². The largest absolute Gasteiger partial charge is 0.385 e. The molecule has 1 N–H and O–H groups in total. The van der Waals surface area contributed by atoms with Gasteiger partial charge < -0.3 is 5.32 Å². The topological polar surface area (TPSA) is 35.8 Å². The summed E-state index contributed by atoms with van der Waals surface area (Å²) in [5, 5.41) is 12.0. The summed E-state index contributed by atoms with van der Waals surface area (Å²) >= 11 is 0. The maximum atomic E-state index is 8.83. The molecule has 0 aliphatic carbocycles. The molecule has 2 nitrogen and oxygen atoms in total. The molecular formula is C12H14N2. The van der Waals surface area contributed by atoms with Crippen LogP contribution in [0.2, 0.25) is 0 Å². The van der Waals surface area contributed by atoms with Crippen LogP contribution in [0.15, 0.2) is 30.5 Å². The van der Waals surface area contributed by atoms with Crippen LogP contribution in [-0.2, 0) is 6.54 Å². The molecule has 72 valence electrons. The van der Waals surface area contributed by atoms with Gasteiger partial charge >= 0.3 is 0 Å². The summed E-state index contributed by atoms with van der Waals surface area (Å²) in [7, 11) is 0. The lowest BCUT2D eigenvalue weighted by molar-refractivity contribution is 0.810. The van der Waals surface area contributed by atoms with Crippen molar-refractivity contribution in [1.29, 1.82) is 5.26 Å². The minimum Gasteiger partial charge on any atom is -0.385 e. The van der Waals surface area contributed by atoms with Crippen molar-refractivity contribution in [3.8, 4) is 6.07 Å². The summed E-state index contributed by atoms with van der Waals surface area (Å²) in [6, 6.07) is 7.93. The normalized spacial score (nSPS) is 9.21. The van der Waals surface area contributed by atoms with Crippen molar-refractivity contribution >= 4 is 0 Å². The molecule has 0 radical (unpaired) electrons. The molecule has 2 heteroatoms. The standard InChI is InChI=1S/C12H14N2/c1-9(2)14-8-12-6-4-5-11(7-13)10(12)3/h4-6,14H,1,8H2,2-3H3. The van der Waals surface area contributed by atoms with Crippen molar-refractivity contribution in [2.75, 3.05) is 0 Å². The SMILES string of the molecule is C=C(C)NCc1cccc(C#N)c1C. The Balaban J connectivity index is 2.88. The molecule has 14 heavy (non-hydrogen) atoms. The number of hydrogen-bond acceptors (Lipinski definition) is 2. The fraction of sp³-hybridized carbons (Fsp3) is 0.250. The second-order valence-corrected chi connectivity index (χ2v) is 3.34. The smallest absolute Gasteiger partial charge is 0.0994 e. The van der Waals surface area contributed by atoms with E-state index in [1.807, 2.05) is 32.0 Å². The van der Waals surface area contributed by atoms with Gasteiger partial charge in [-0.05, 0) is 31.0 Å². The van der Waals surface area contributed by atoms with Crippen LogP contribution in [0.5, 0.6) is 0 Å². The summed E-state index contributed by atoms with van der Waals surface area (Å²) < 4.78 is 0. The van der Waals surface area contributed by atoms with Gasteiger partial charge in [0.05, 0.1) is 11.6 Å². The van der Waals surface area contributed by atoms with Gasteiger partial charge in [0.1, 0.15) is 0 Å². The second-order valence-electron chi connectivity index (χ2n) is 3.34. The predicted octanol–water partition coefficient (Wildman–Crippen LogP) is 2.49. The molecule has 0 saturated carbocycles. The summed E-state index contributed by atoms with van der Waals surface area (Å²) in [4.78, 5) is 0. The van der Waals surface area contributed by atoms with Crippen LogP contribution in [0.3, 0.4) is 0 Å². The van der Waals surface area contributed by atoms with Gasteiger partial charge in [0.25, 0.3) is 0 Å². The molecule has 0 atom stereocenters. The van der Waals surface area contributed by atoms with Crippen molar-refractivity contribution in [2.24, 2.45) is 0 Å². The van der Waals surface area contributed by atoms with Crippen LogP contribution >= 0.6 is 0 Å². The van der Waals surface area contributed by atoms with Crippen LogP contribution in [0.4, 0.5) is 0 Å². The van der Waals surface area contributed by atoms with Crippen LogP contribution in [-0.4, -0.2) is 0 Å². The van der Waals surface area contributed by atoms with E-state index in [9.17, 15) is 0 Å². The van der Waals surface area contributed by atoms with Crippen molar-refractivity contribution in [3.63, 3.8) is 0 Å². The third-order valence-electron chi connectivity index (χ3n) is 2.15. The van der Waals surface area contributed by atoms with Crippen molar-refractivity contribution in [2.45, 2.75) is 20.4 Å². The van der Waals surface area contributed by atoms with Crippen LogP contribution < -0.4 is 5.32 Å². The molecule has 0 unspecified atom stereocenters. The van der Waals surface area contributed by atoms with Crippen LogP contribution in [0, 0.1) is 18.3 Å².